The monoisotopic (exact) mass is 255 g/mol. The Hall–Kier alpha value is -1.87. The maximum absolute atomic E-state index is 5.68. The summed E-state index contributed by atoms with van der Waals surface area (Å²) < 4.78 is 0. The first-order valence-electron chi connectivity index (χ1n) is 6.66. The lowest BCUT2D eigenvalue weighted by Gasteiger charge is -2.16. The van der Waals surface area contributed by atoms with Gasteiger partial charge < -0.3 is 10.6 Å². The van der Waals surface area contributed by atoms with E-state index in [1.54, 1.807) is 0 Å². The summed E-state index contributed by atoms with van der Waals surface area (Å²) in [5.74, 6) is 0. The summed E-state index contributed by atoms with van der Waals surface area (Å²) in [6.45, 7) is 2.04. The van der Waals surface area contributed by atoms with Crippen LogP contribution in [0.15, 0.2) is 48.8 Å². The molecule has 0 aliphatic rings. The van der Waals surface area contributed by atoms with Gasteiger partial charge in [0.2, 0.25) is 0 Å². The van der Waals surface area contributed by atoms with Gasteiger partial charge in [0.25, 0.3) is 0 Å². The number of nitrogen functional groups attached to an aromatic ring is 1. The molecule has 2 rings (SSSR count). The van der Waals surface area contributed by atoms with Crippen molar-refractivity contribution in [2.75, 3.05) is 19.3 Å². The number of hydrogen-bond acceptors (Lipinski definition) is 3. The average molecular weight is 255 g/mol. The summed E-state index contributed by atoms with van der Waals surface area (Å²) in [4.78, 5) is 6.46. The molecule has 0 radical (unpaired) electrons. The molecule has 0 aliphatic heterocycles. The van der Waals surface area contributed by atoms with E-state index in [4.69, 9.17) is 5.73 Å². The second kappa shape index (κ2) is 6.90. The molecule has 0 saturated carbocycles. The highest BCUT2D eigenvalue weighted by Gasteiger charge is 2.00. The van der Waals surface area contributed by atoms with Crippen molar-refractivity contribution in [2.45, 2.75) is 19.4 Å². The van der Waals surface area contributed by atoms with Crippen LogP contribution in [0.4, 0.5) is 5.69 Å². The van der Waals surface area contributed by atoms with Crippen LogP contribution in [0.1, 0.15) is 17.5 Å². The summed E-state index contributed by atoms with van der Waals surface area (Å²) in [6.07, 6.45) is 5.99. The SMILES string of the molecule is CN(CCCc1ccc(N)cc1)Cc1cccnc1. The lowest BCUT2D eigenvalue weighted by atomic mass is 10.1. The second-order valence-electron chi connectivity index (χ2n) is 4.94. The zero-order valence-electron chi connectivity index (χ0n) is 11.4. The van der Waals surface area contributed by atoms with Crippen LogP contribution in [0.2, 0.25) is 0 Å². The van der Waals surface area contributed by atoms with Gasteiger partial charge in [-0.3, -0.25) is 4.98 Å². The third-order valence-corrected chi connectivity index (χ3v) is 3.16. The molecule has 2 N–H and O–H groups in total. The van der Waals surface area contributed by atoms with Gasteiger partial charge in [-0.2, -0.15) is 0 Å². The normalized spacial score (nSPS) is 10.8. The van der Waals surface area contributed by atoms with Crippen LogP contribution in [-0.2, 0) is 13.0 Å². The summed E-state index contributed by atoms with van der Waals surface area (Å²) in [5.41, 5.74) is 9.12. The van der Waals surface area contributed by atoms with Crippen LogP contribution in [0, 0.1) is 0 Å². The van der Waals surface area contributed by atoms with E-state index in [1.165, 1.54) is 11.1 Å². The minimum atomic E-state index is 0.831. The highest BCUT2D eigenvalue weighted by molar-refractivity contribution is 5.39. The molecular weight excluding hydrogens is 234 g/mol. The molecule has 0 amide bonds. The van der Waals surface area contributed by atoms with E-state index in [0.717, 1.165) is 31.6 Å². The van der Waals surface area contributed by atoms with Gasteiger partial charge in [0.15, 0.2) is 0 Å². The minimum Gasteiger partial charge on any atom is -0.399 e. The molecule has 0 saturated heterocycles. The Kier molecular flexibility index (Phi) is 4.93. The molecule has 100 valence electrons. The van der Waals surface area contributed by atoms with E-state index >= 15 is 0 Å². The Balaban J connectivity index is 1.72. The molecule has 0 aliphatic carbocycles. The van der Waals surface area contributed by atoms with Crippen LogP contribution >= 0.6 is 0 Å². The van der Waals surface area contributed by atoms with E-state index < -0.39 is 0 Å². The van der Waals surface area contributed by atoms with E-state index in [2.05, 4.69) is 35.1 Å². The molecule has 0 unspecified atom stereocenters. The number of hydrogen-bond donors (Lipinski definition) is 1. The lowest BCUT2D eigenvalue weighted by Crippen LogP contribution is -2.19. The highest BCUT2D eigenvalue weighted by Crippen LogP contribution is 2.08. The third-order valence-electron chi connectivity index (χ3n) is 3.16. The number of rotatable bonds is 6. The molecule has 1 aromatic heterocycles. The summed E-state index contributed by atoms with van der Waals surface area (Å²) in [7, 11) is 2.15. The van der Waals surface area contributed by atoms with Gasteiger partial charge in [0.1, 0.15) is 0 Å². The Morgan fingerprint density at radius 3 is 2.58 bits per heavy atom. The summed E-state index contributed by atoms with van der Waals surface area (Å²) in [5, 5.41) is 0. The predicted octanol–water partition coefficient (Wildman–Crippen LogP) is 2.73. The predicted molar refractivity (Wildman–Crippen MR) is 79.7 cm³/mol. The van der Waals surface area contributed by atoms with Crippen molar-refractivity contribution in [3.8, 4) is 0 Å². The summed E-state index contributed by atoms with van der Waals surface area (Å²) >= 11 is 0. The van der Waals surface area contributed by atoms with Crippen molar-refractivity contribution < 1.29 is 0 Å². The van der Waals surface area contributed by atoms with E-state index in [1.807, 2.05) is 30.6 Å². The van der Waals surface area contributed by atoms with Crippen LogP contribution in [-0.4, -0.2) is 23.5 Å². The Labute approximate surface area is 115 Å². The smallest absolute Gasteiger partial charge is 0.0314 e. The highest BCUT2D eigenvalue weighted by atomic mass is 15.1. The molecule has 0 spiro atoms. The first kappa shape index (κ1) is 13.6. The lowest BCUT2D eigenvalue weighted by molar-refractivity contribution is 0.322. The maximum Gasteiger partial charge on any atom is 0.0314 e. The van der Waals surface area contributed by atoms with E-state index in [9.17, 15) is 0 Å². The third kappa shape index (κ3) is 4.72. The Morgan fingerprint density at radius 1 is 1.11 bits per heavy atom. The largest absolute Gasteiger partial charge is 0.399 e. The fourth-order valence-corrected chi connectivity index (χ4v) is 2.12. The number of nitrogens with two attached hydrogens (primary N) is 1. The zero-order chi connectivity index (χ0) is 13.5. The first-order chi connectivity index (χ1) is 9.24. The fourth-order valence-electron chi connectivity index (χ4n) is 2.12. The molecule has 1 heterocycles. The standard InChI is InChI=1S/C16H21N3/c1-19(13-15-4-2-10-18-12-15)11-3-5-14-6-8-16(17)9-7-14/h2,4,6-10,12H,3,5,11,13,17H2,1H3. The van der Waals surface area contributed by atoms with Crippen molar-refractivity contribution in [1.82, 2.24) is 9.88 Å². The van der Waals surface area contributed by atoms with Crippen molar-refractivity contribution in [2.24, 2.45) is 0 Å². The zero-order valence-corrected chi connectivity index (χ0v) is 11.4. The number of aryl methyl sites for hydroxylation is 1. The molecule has 19 heavy (non-hydrogen) atoms. The van der Waals surface area contributed by atoms with Gasteiger partial charge in [-0.15, -0.1) is 0 Å². The Bertz CT molecular complexity index is 479. The number of benzene rings is 1. The molecular formula is C16H21N3. The molecule has 0 fully saturated rings. The molecule has 3 heteroatoms. The first-order valence-corrected chi connectivity index (χ1v) is 6.66. The van der Waals surface area contributed by atoms with Gasteiger partial charge in [-0.25, -0.2) is 0 Å². The topological polar surface area (TPSA) is 42.1 Å². The average Bonchev–Trinajstić information content (AvgIpc) is 2.42. The number of aromatic nitrogens is 1. The van der Waals surface area contributed by atoms with E-state index in [0.29, 0.717) is 0 Å². The number of pyridine rings is 1. The maximum atomic E-state index is 5.68. The van der Waals surface area contributed by atoms with Crippen LogP contribution in [0.25, 0.3) is 0 Å². The second-order valence-corrected chi connectivity index (χ2v) is 4.94. The van der Waals surface area contributed by atoms with Crippen LogP contribution in [0.3, 0.4) is 0 Å². The Morgan fingerprint density at radius 2 is 1.89 bits per heavy atom. The molecule has 0 atom stereocenters. The quantitative estimate of drug-likeness (QED) is 0.807. The van der Waals surface area contributed by atoms with Gasteiger partial charge in [0.05, 0.1) is 0 Å². The van der Waals surface area contributed by atoms with Gasteiger partial charge in [-0.1, -0.05) is 18.2 Å². The summed E-state index contributed by atoms with van der Waals surface area (Å²) in [6, 6.07) is 12.2. The fraction of sp³-hybridized carbons (Fsp3) is 0.312. The molecule has 2 aromatic rings. The number of anilines is 1. The van der Waals surface area contributed by atoms with Gasteiger partial charge >= 0.3 is 0 Å². The van der Waals surface area contributed by atoms with Crippen molar-refractivity contribution >= 4 is 5.69 Å². The van der Waals surface area contributed by atoms with Crippen LogP contribution in [0.5, 0.6) is 0 Å². The van der Waals surface area contributed by atoms with Crippen molar-refractivity contribution in [3.05, 3.63) is 59.9 Å². The van der Waals surface area contributed by atoms with Crippen LogP contribution < -0.4 is 5.73 Å². The molecule has 0 bridgehead atoms. The minimum absolute atomic E-state index is 0.831. The van der Waals surface area contributed by atoms with E-state index in [-0.39, 0.29) is 0 Å². The van der Waals surface area contributed by atoms with Gasteiger partial charge in [0, 0.05) is 24.6 Å². The number of nitrogens with zero attached hydrogens (tertiary/aromatic N) is 2. The molecule has 3 nitrogen and oxygen atoms in total. The molecule has 1 aromatic carbocycles. The van der Waals surface area contributed by atoms with Crippen molar-refractivity contribution in [3.63, 3.8) is 0 Å². The van der Waals surface area contributed by atoms with Gasteiger partial charge in [-0.05, 0) is 55.8 Å². The van der Waals surface area contributed by atoms with Crippen molar-refractivity contribution in [1.29, 1.82) is 0 Å².